The molecule has 0 bridgehead atoms. The standard InChI is InChI=1S/C10H14N2.C5H4.Bi/c1-12-7-3-5-10(12)9-4-2-6-11-8-9;1-3-5-4-2;/h2,4,6,8,10H,3,5,7H2,1H3;1,3-5H;/q;-1;. The summed E-state index contributed by atoms with van der Waals surface area (Å²) < 4.78 is 5.45. The summed E-state index contributed by atoms with van der Waals surface area (Å²) in [5.41, 5.74) is 1.36. The van der Waals surface area contributed by atoms with Crippen LogP contribution in [0.5, 0.6) is 0 Å². The number of pyridine rings is 1. The van der Waals surface area contributed by atoms with Crippen molar-refractivity contribution < 1.29 is 0 Å². The van der Waals surface area contributed by atoms with Crippen molar-refractivity contribution in [2.45, 2.75) is 18.9 Å². The Balaban J connectivity index is 0.000000169. The summed E-state index contributed by atoms with van der Waals surface area (Å²) in [6.07, 6.45) is 12.5. The van der Waals surface area contributed by atoms with Crippen LogP contribution in [0.4, 0.5) is 0 Å². The number of hydrogen-bond donors (Lipinski definition) is 0. The topological polar surface area (TPSA) is 16.1 Å². The van der Waals surface area contributed by atoms with Crippen molar-refractivity contribution in [2.75, 3.05) is 13.6 Å². The molecule has 1 unspecified atom stereocenters. The van der Waals surface area contributed by atoms with Crippen LogP contribution >= 0.6 is 0 Å². The molecule has 2 aliphatic heterocycles. The number of aromatic nitrogens is 1. The van der Waals surface area contributed by atoms with E-state index >= 15 is 0 Å². The normalized spacial score (nSPS) is 21.7. The maximum absolute atomic E-state index is 4.14. The van der Waals surface area contributed by atoms with Crippen molar-refractivity contribution >= 4 is 26.5 Å². The van der Waals surface area contributed by atoms with Gasteiger partial charge in [0.05, 0.1) is 0 Å². The zero-order valence-corrected chi connectivity index (χ0v) is 14.1. The zero-order chi connectivity index (χ0) is 12.6. The quantitative estimate of drug-likeness (QED) is 0.497. The first-order valence-corrected chi connectivity index (χ1v) is 10.00. The van der Waals surface area contributed by atoms with E-state index in [1.807, 2.05) is 30.6 Å². The van der Waals surface area contributed by atoms with Crippen LogP contribution in [0.25, 0.3) is 0 Å². The Bertz CT molecular complexity index is 401. The molecule has 1 aromatic heterocycles. The summed E-state index contributed by atoms with van der Waals surface area (Å²) in [6.45, 7) is 1.22. The van der Waals surface area contributed by atoms with Crippen LogP contribution in [0, 0.1) is 0 Å². The molecule has 2 nitrogen and oxygen atoms in total. The molecule has 18 heavy (non-hydrogen) atoms. The van der Waals surface area contributed by atoms with Crippen LogP contribution in [0.1, 0.15) is 24.4 Å². The van der Waals surface area contributed by atoms with Crippen LogP contribution in [0.3, 0.4) is 0 Å². The van der Waals surface area contributed by atoms with Gasteiger partial charge in [-0.05, 0) is 38.1 Å². The van der Waals surface area contributed by atoms with Crippen molar-refractivity contribution in [3.05, 3.63) is 52.1 Å². The van der Waals surface area contributed by atoms with Gasteiger partial charge in [0.15, 0.2) is 0 Å². The van der Waals surface area contributed by atoms with Gasteiger partial charge in [0.2, 0.25) is 0 Å². The fraction of sp³-hybridized carbons (Fsp3) is 0.333. The molecule has 0 aliphatic carbocycles. The molecular weight excluding hydrogens is 417 g/mol. The minimum absolute atomic E-state index is 0.306. The van der Waals surface area contributed by atoms with Gasteiger partial charge in [0, 0.05) is 18.4 Å². The molecule has 2 aliphatic rings. The van der Waals surface area contributed by atoms with Crippen molar-refractivity contribution in [2.24, 2.45) is 0 Å². The second-order valence-electron chi connectivity index (χ2n) is 4.38. The predicted molar refractivity (Wildman–Crippen MR) is 77.9 cm³/mol. The van der Waals surface area contributed by atoms with Gasteiger partial charge < -0.3 is 0 Å². The Morgan fingerprint density at radius 1 is 1.44 bits per heavy atom. The Kier molecular flexibility index (Phi) is 5.89. The molecule has 3 heteroatoms. The third-order valence-electron chi connectivity index (χ3n) is 3.11. The Morgan fingerprint density at radius 3 is 2.83 bits per heavy atom. The van der Waals surface area contributed by atoms with E-state index in [2.05, 4.69) is 36.6 Å². The molecule has 1 aromatic rings. The number of rotatable bonds is 1. The summed E-state index contributed by atoms with van der Waals surface area (Å²) in [5, 5.41) is 0. The number of likely N-dealkylation sites (tertiary alicyclic amines) is 1. The van der Waals surface area contributed by atoms with Gasteiger partial charge >= 0.3 is 48.5 Å². The molecule has 1 atom stereocenters. The van der Waals surface area contributed by atoms with Gasteiger partial charge in [-0.25, -0.2) is 0 Å². The fourth-order valence-electron chi connectivity index (χ4n) is 2.18. The molecule has 0 aromatic carbocycles. The zero-order valence-electron chi connectivity index (χ0n) is 10.7. The molecule has 1 fully saturated rings. The first-order chi connectivity index (χ1) is 8.88. The van der Waals surface area contributed by atoms with Crippen LogP contribution in [-0.2, 0) is 0 Å². The van der Waals surface area contributed by atoms with Crippen LogP contribution in [0.2, 0.25) is 0 Å². The van der Waals surface area contributed by atoms with E-state index in [4.69, 9.17) is 0 Å². The van der Waals surface area contributed by atoms with E-state index in [1.54, 1.807) is 0 Å². The van der Waals surface area contributed by atoms with E-state index in [9.17, 15) is 0 Å². The Labute approximate surface area is 120 Å². The van der Waals surface area contributed by atoms with Gasteiger partial charge in [-0.3, -0.25) is 9.88 Å². The van der Waals surface area contributed by atoms with Gasteiger partial charge in [-0.2, -0.15) is 0 Å². The molecule has 0 amide bonds. The molecule has 3 heterocycles. The number of allylic oxidation sites excluding steroid dienone is 3. The van der Waals surface area contributed by atoms with Gasteiger partial charge in [-0.15, -0.1) is 0 Å². The van der Waals surface area contributed by atoms with E-state index in [-0.39, 0.29) is 22.8 Å². The summed E-state index contributed by atoms with van der Waals surface area (Å²) in [6, 6.07) is 4.79. The first-order valence-electron chi connectivity index (χ1n) is 6.25. The fourth-order valence-corrected chi connectivity index (χ4v) is 3.91. The van der Waals surface area contributed by atoms with E-state index < -0.39 is 0 Å². The molecule has 1 saturated heterocycles. The van der Waals surface area contributed by atoms with Crippen LogP contribution in [-0.4, -0.2) is 49.9 Å². The SMILES string of the molecule is CN1CCCC1c1cccnc1.[C-]1=[Bi][CH]=CC=C1. The van der Waals surface area contributed by atoms with Crippen LogP contribution in [0.15, 0.2) is 46.5 Å². The van der Waals surface area contributed by atoms with Gasteiger partial charge in [0.25, 0.3) is 0 Å². The molecule has 0 radical (unpaired) electrons. The van der Waals surface area contributed by atoms with Crippen LogP contribution < -0.4 is 0 Å². The molecule has 94 valence electrons. The molecule has 0 N–H and O–H groups in total. The number of hydrogen-bond acceptors (Lipinski definition) is 2. The second kappa shape index (κ2) is 7.71. The summed E-state index contributed by atoms with van der Waals surface area (Å²) in [7, 11) is 2.19. The third-order valence-corrected chi connectivity index (χ3v) is 5.51. The summed E-state index contributed by atoms with van der Waals surface area (Å²) in [4.78, 5) is 6.54. The third kappa shape index (κ3) is 4.22. The molecular formula is C15H18BiN2-. The predicted octanol–water partition coefficient (Wildman–Crippen LogP) is 2.30. The average Bonchev–Trinajstić information content (AvgIpc) is 2.89. The summed E-state index contributed by atoms with van der Waals surface area (Å²) >= 11 is -0.306. The minimum atomic E-state index is -0.306. The Hall–Kier alpha value is -0.657. The maximum atomic E-state index is 4.14. The van der Waals surface area contributed by atoms with Crippen molar-refractivity contribution in [3.8, 4) is 0 Å². The van der Waals surface area contributed by atoms with Crippen molar-refractivity contribution in [1.82, 2.24) is 9.88 Å². The molecule has 0 spiro atoms. The van der Waals surface area contributed by atoms with E-state index in [0.29, 0.717) is 6.04 Å². The molecule has 3 rings (SSSR count). The van der Waals surface area contributed by atoms with Crippen molar-refractivity contribution in [3.63, 3.8) is 0 Å². The Morgan fingerprint density at radius 2 is 2.39 bits per heavy atom. The number of nitrogens with zero attached hydrogens (tertiary/aromatic N) is 2. The monoisotopic (exact) mass is 435 g/mol. The van der Waals surface area contributed by atoms with Gasteiger partial charge in [0.1, 0.15) is 0 Å². The van der Waals surface area contributed by atoms with Crippen molar-refractivity contribution in [1.29, 1.82) is 0 Å². The van der Waals surface area contributed by atoms with E-state index in [0.717, 1.165) is 0 Å². The molecule has 0 saturated carbocycles. The van der Waals surface area contributed by atoms with E-state index in [1.165, 1.54) is 24.9 Å². The second-order valence-corrected chi connectivity index (χ2v) is 7.55. The van der Waals surface area contributed by atoms with Gasteiger partial charge in [-0.1, -0.05) is 6.07 Å². The average molecular weight is 435 g/mol. The first kappa shape index (κ1) is 13.8. The summed E-state index contributed by atoms with van der Waals surface area (Å²) in [5.74, 6) is 0.